The van der Waals surface area contributed by atoms with Gasteiger partial charge in [-0.15, -0.1) is 0 Å². The first kappa shape index (κ1) is 10.9. The number of halogens is 1. The summed E-state index contributed by atoms with van der Waals surface area (Å²) in [5, 5.41) is 3.26. The number of nitrogens with one attached hydrogen (secondary N) is 1. The molecule has 0 bridgehead atoms. The van der Waals surface area contributed by atoms with Gasteiger partial charge in [0.1, 0.15) is 6.17 Å². The fraction of sp³-hybridized carbons (Fsp3) is 1.00. The van der Waals surface area contributed by atoms with E-state index in [4.69, 9.17) is 4.74 Å². The molecule has 1 saturated heterocycles. The van der Waals surface area contributed by atoms with Crippen molar-refractivity contribution in [3.63, 3.8) is 0 Å². The van der Waals surface area contributed by atoms with Crippen LogP contribution in [0.4, 0.5) is 4.39 Å². The Labute approximate surface area is 79.8 Å². The van der Waals surface area contributed by atoms with E-state index in [1.54, 1.807) is 0 Å². The molecule has 0 aliphatic carbocycles. The number of hydrogen-bond acceptors (Lipinski definition) is 2. The molecule has 0 saturated carbocycles. The van der Waals surface area contributed by atoms with Gasteiger partial charge in [-0.25, -0.2) is 4.39 Å². The third kappa shape index (κ3) is 4.05. The maximum absolute atomic E-state index is 13.2. The molecule has 78 valence electrons. The third-order valence-electron chi connectivity index (χ3n) is 2.18. The molecule has 1 aliphatic heterocycles. The van der Waals surface area contributed by atoms with E-state index in [-0.39, 0.29) is 18.1 Å². The Kier molecular flexibility index (Phi) is 3.68. The Hall–Kier alpha value is -0.150. The van der Waals surface area contributed by atoms with Crippen molar-refractivity contribution in [2.75, 3.05) is 19.8 Å². The summed E-state index contributed by atoms with van der Waals surface area (Å²) in [7, 11) is 0. The molecule has 1 heterocycles. The van der Waals surface area contributed by atoms with Gasteiger partial charge in [0.25, 0.3) is 0 Å². The molecule has 0 aromatic rings. The van der Waals surface area contributed by atoms with Gasteiger partial charge in [0, 0.05) is 19.2 Å². The van der Waals surface area contributed by atoms with Crippen LogP contribution in [0.2, 0.25) is 0 Å². The van der Waals surface area contributed by atoms with Gasteiger partial charge in [-0.1, -0.05) is 20.8 Å². The van der Waals surface area contributed by atoms with Crippen molar-refractivity contribution in [2.24, 2.45) is 5.41 Å². The molecule has 0 aromatic heterocycles. The molecular formula is C10H20FNO. The second-order valence-corrected chi connectivity index (χ2v) is 4.93. The van der Waals surface area contributed by atoms with Crippen LogP contribution in [0.15, 0.2) is 0 Å². The second-order valence-electron chi connectivity index (χ2n) is 4.93. The summed E-state index contributed by atoms with van der Waals surface area (Å²) in [5.41, 5.74) is 0.220. The van der Waals surface area contributed by atoms with Crippen LogP contribution in [0.5, 0.6) is 0 Å². The minimum atomic E-state index is -0.837. The van der Waals surface area contributed by atoms with Crippen LogP contribution in [0.25, 0.3) is 0 Å². The first-order chi connectivity index (χ1) is 5.99. The predicted molar refractivity (Wildman–Crippen MR) is 51.6 cm³/mol. The second kappa shape index (κ2) is 4.38. The maximum atomic E-state index is 13.2. The fourth-order valence-corrected chi connectivity index (χ4v) is 1.37. The molecule has 1 N–H and O–H groups in total. The molecule has 2 atom stereocenters. The van der Waals surface area contributed by atoms with Crippen LogP contribution >= 0.6 is 0 Å². The van der Waals surface area contributed by atoms with Crippen LogP contribution in [-0.2, 0) is 4.74 Å². The normalized spacial score (nSPS) is 30.5. The summed E-state index contributed by atoms with van der Waals surface area (Å²) in [6.07, 6.45) is -0.0480. The highest BCUT2D eigenvalue weighted by Crippen LogP contribution is 2.15. The summed E-state index contributed by atoms with van der Waals surface area (Å²) >= 11 is 0. The van der Waals surface area contributed by atoms with Gasteiger partial charge < -0.3 is 10.1 Å². The van der Waals surface area contributed by atoms with E-state index in [1.807, 2.05) is 0 Å². The topological polar surface area (TPSA) is 21.3 Å². The number of hydrogen-bond donors (Lipinski definition) is 1. The Morgan fingerprint density at radius 1 is 1.46 bits per heavy atom. The van der Waals surface area contributed by atoms with Crippen molar-refractivity contribution in [2.45, 2.75) is 39.4 Å². The van der Waals surface area contributed by atoms with Gasteiger partial charge in [0.2, 0.25) is 0 Å². The number of alkyl halides is 1. The Bertz CT molecular complexity index is 155. The minimum Gasteiger partial charge on any atom is -0.378 e. The van der Waals surface area contributed by atoms with Gasteiger partial charge in [-0.2, -0.15) is 0 Å². The molecule has 2 nitrogen and oxygen atoms in total. The zero-order valence-corrected chi connectivity index (χ0v) is 8.77. The predicted octanol–water partition coefficient (Wildman–Crippen LogP) is 1.75. The monoisotopic (exact) mass is 189 g/mol. The molecule has 0 unspecified atom stereocenters. The maximum Gasteiger partial charge on any atom is 0.139 e. The van der Waals surface area contributed by atoms with Gasteiger partial charge >= 0.3 is 0 Å². The van der Waals surface area contributed by atoms with Gasteiger partial charge in [0.15, 0.2) is 0 Å². The van der Waals surface area contributed by atoms with E-state index in [1.165, 1.54) is 0 Å². The van der Waals surface area contributed by atoms with E-state index in [0.29, 0.717) is 6.61 Å². The summed E-state index contributed by atoms with van der Waals surface area (Å²) in [6.45, 7) is 8.23. The molecule has 1 fully saturated rings. The van der Waals surface area contributed by atoms with Gasteiger partial charge in [-0.05, 0) is 11.8 Å². The largest absolute Gasteiger partial charge is 0.378 e. The summed E-state index contributed by atoms with van der Waals surface area (Å²) < 4.78 is 18.3. The highest BCUT2D eigenvalue weighted by atomic mass is 19.1. The van der Waals surface area contributed by atoms with E-state index >= 15 is 0 Å². The van der Waals surface area contributed by atoms with Gasteiger partial charge in [-0.3, -0.25) is 0 Å². The Balaban J connectivity index is 2.27. The summed E-state index contributed by atoms with van der Waals surface area (Å²) in [5.74, 6) is 0. The van der Waals surface area contributed by atoms with Crippen LogP contribution in [0.3, 0.4) is 0 Å². The smallest absolute Gasteiger partial charge is 0.139 e. The highest BCUT2D eigenvalue weighted by Gasteiger charge is 2.25. The standard InChI is InChI=1S/C10H20FNO/c1-10(2,3)7-12-9-4-5-13-6-8(9)11/h8-9,12H,4-7H2,1-3H3/t8-,9-/m1/s1. The Morgan fingerprint density at radius 3 is 2.69 bits per heavy atom. The number of rotatable bonds is 2. The molecule has 1 aliphatic rings. The quantitative estimate of drug-likeness (QED) is 0.714. The van der Waals surface area contributed by atoms with E-state index in [9.17, 15) is 4.39 Å². The highest BCUT2D eigenvalue weighted by molar-refractivity contribution is 4.81. The van der Waals surface area contributed by atoms with E-state index in [0.717, 1.165) is 13.0 Å². The van der Waals surface area contributed by atoms with Crippen LogP contribution in [-0.4, -0.2) is 32.0 Å². The lowest BCUT2D eigenvalue weighted by Crippen LogP contribution is -2.46. The van der Waals surface area contributed by atoms with Crippen molar-refractivity contribution >= 4 is 0 Å². The molecule has 0 aromatic carbocycles. The third-order valence-corrected chi connectivity index (χ3v) is 2.18. The minimum absolute atomic E-state index is 0.00650. The molecule has 0 spiro atoms. The lowest BCUT2D eigenvalue weighted by atomic mass is 9.95. The zero-order valence-electron chi connectivity index (χ0n) is 8.77. The van der Waals surface area contributed by atoms with Crippen molar-refractivity contribution < 1.29 is 9.13 Å². The van der Waals surface area contributed by atoms with Crippen molar-refractivity contribution in [1.29, 1.82) is 0 Å². The summed E-state index contributed by atoms with van der Waals surface area (Å²) in [6, 6.07) is -0.00650. The van der Waals surface area contributed by atoms with Crippen molar-refractivity contribution in [3.05, 3.63) is 0 Å². The van der Waals surface area contributed by atoms with E-state index < -0.39 is 6.17 Å². The molecule has 1 rings (SSSR count). The first-order valence-electron chi connectivity index (χ1n) is 4.94. The Morgan fingerprint density at radius 2 is 2.15 bits per heavy atom. The zero-order chi connectivity index (χ0) is 9.90. The van der Waals surface area contributed by atoms with Crippen molar-refractivity contribution in [1.82, 2.24) is 5.32 Å². The lowest BCUT2D eigenvalue weighted by molar-refractivity contribution is 0.0120. The van der Waals surface area contributed by atoms with E-state index in [2.05, 4.69) is 26.1 Å². The molecule has 0 amide bonds. The summed E-state index contributed by atoms with van der Waals surface area (Å²) in [4.78, 5) is 0. The molecule has 0 radical (unpaired) electrons. The van der Waals surface area contributed by atoms with Crippen LogP contribution < -0.4 is 5.32 Å². The van der Waals surface area contributed by atoms with Crippen LogP contribution in [0, 0.1) is 5.41 Å². The molecular weight excluding hydrogens is 169 g/mol. The SMILES string of the molecule is CC(C)(C)CN[C@@H]1CCOC[C@H]1F. The van der Waals surface area contributed by atoms with Crippen molar-refractivity contribution in [3.8, 4) is 0 Å². The first-order valence-corrected chi connectivity index (χ1v) is 4.94. The molecule has 13 heavy (non-hydrogen) atoms. The molecule has 3 heteroatoms. The number of ether oxygens (including phenoxy) is 1. The average Bonchev–Trinajstić information content (AvgIpc) is 2.01. The lowest BCUT2D eigenvalue weighted by Gasteiger charge is -2.30. The van der Waals surface area contributed by atoms with Gasteiger partial charge in [0.05, 0.1) is 6.61 Å². The average molecular weight is 189 g/mol. The fourth-order valence-electron chi connectivity index (χ4n) is 1.37. The van der Waals surface area contributed by atoms with Crippen LogP contribution in [0.1, 0.15) is 27.2 Å².